The molecule has 23 heavy (non-hydrogen) atoms. The predicted molar refractivity (Wildman–Crippen MR) is 101 cm³/mol. The molecule has 3 rings (SSSR count). The van der Waals surface area contributed by atoms with Gasteiger partial charge in [0.05, 0.1) is 5.02 Å². The monoisotopic (exact) mass is 408 g/mol. The van der Waals surface area contributed by atoms with Gasteiger partial charge in [-0.25, -0.2) is 0 Å². The molecule has 118 valence electrons. The Morgan fingerprint density at radius 2 is 2.09 bits per heavy atom. The Hall–Kier alpha value is -1.43. The van der Waals surface area contributed by atoms with E-state index in [0.717, 1.165) is 36.0 Å². The molecule has 0 atom stereocenters. The molecular weight excluding hydrogens is 396 g/mol. The number of hydrogen-bond acceptors (Lipinski definition) is 2. The van der Waals surface area contributed by atoms with Crippen molar-refractivity contribution >= 4 is 56.8 Å². The first-order chi connectivity index (χ1) is 11.1. The third-order valence-corrected chi connectivity index (χ3v) is 5.03. The van der Waals surface area contributed by atoms with E-state index in [1.165, 1.54) is 11.1 Å². The van der Waals surface area contributed by atoms with Crippen LogP contribution >= 0.6 is 39.7 Å². The van der Waals surface area contributed by atoms with Crippen LogP contribution in [0.5, 0.6) is 0 Å². The van der Waals surface area contributed by atoms with E-state index in [-0.39, 0.29) is 0 Å². The zero-order valence-corrected chi connectivity index (χ0v) is 15.3. The summed E-state index contributed by atoms with van der Waals surface area (Å²) in [5.41, 5.74) is 3.90. The lowest BCUT2D eigenvalue weighted by Gasteiger charge is -2.31. The molecule has 3 nitrogen and oxygen atoms in total. The van der Waals surface area contributed by atoms with E-state index in [1.807, 2.05) is 0 Å². The summed E-state index contributed by atoms with van der Waals surface area (Å²) in [4.78, 5) is 12.9. The molecule has 0 spiro atoms. The van der Waals surface area contributed by atoms with Crippen molar-refractivity contribution in [3.63, 3.8) is 0 Å². The first-order valence-electron chi connectivity index (χ1n) is 7.15. The normalized spacial score (nSPS) is 13.4. The van der Waals surface area contributed by atoms with Crippen LogP contribution in [0, 0.1) is 0 Å². The van der Waals surface area contributed by atoms with Gasteiger partial charge >= 0.3 is 0 Å². The molecule has 1 aliphatic heterocycles. The average Bonchev–Trinajstić information content (AvgIpc) is 2.54. The van der Waals surface area contributed by atoms with E-state index in [0.29, 0.717) is 15.7 Å². The lowest BCUT2D eigenvalue weighted by molar-refractivity contribution is 0.112. The van der Waals surface area contributed by atoms with Gasteiger partial charge < -0.3 is 10.2 Å². The number of thiocarbonyl (C=S) groups is 1. The van der Waals surface area contributed by atoms with Crippen molar-refractivity contribution in [1.82, 2.24) is 4.90 Å². The number of nitrogens with one attached hydrogen (secondary N) is 1. The number of nitrogens with zero attached hydrogens (tertiary/aromatic N) is 1. The minimum Gasteiger partial charge on any atom is -0.344 e. The van der Waals surface area contributed by atoms with Gasteiger partial charge in [0.25, 0.3) is 0 Å². The first kappa shape index (κ1) is 16.4. The molecule has 1 aliphatic rings. The lowest BCUT2D eigenvalue weighted by atomic mass is 10.0. The Bertz CT molecular complexity index is 781. The summed E-state index contributed by atoms with van der Waals surface area (Å²) < 4.78 is 1.08. The highest BCUT2D eigenvalue weighted by Crippen LogP contribution is 2.24. The fourth-order valence-electron chi connectivity index (χ4n) is 2.60. The number of halogens is 2. The van der Waals surface area contributed by atoms with Crippen molar-refractivity contribution in [2.24, 2.45) is 0 Å². The largest absolute Gasteiger partial charge is 0.344 e. The molecule has 1 N–H and O–H groups in total. The number of hydrogen-bond donors (Lipinski definition) is 1. The molecular formula is C17H14BrClN2OS. The molecule has 0 aliphatic carbocycles. The topological polar surface area (TPSA) is 32.3 Å². The maximum Gasteiger partial charge on any atom is 0.173 e. The Balaban J connectivity index is 1.72. The summed E-state index contributed by atoms with van der Waals surface area (Å²) in [6, 6.07) is 11.6. The van der Waals surface area contributed by atoms with E-state index in [2.05, 4.69) is 44.3 Å². The quantitative estimate of drug-likeness (QED) is 0.577. The summed E-state index contributed by atoms with van der Waals surface area (Å²) in [6.07, 6.45) is 1.71. The van der Waals surface area contributed by atoms with Crippen molar-refractivity contribution in [3.05, 3.63) is 62.6 Å². The summed E-state index contributed by atoms with van der Waals surface area (Å²) in [5.74, 6) is 0. The summed E-state index contributed by atoms with van der Waals surface area (Å²) in [6.45, 7) is 1.65. The van der Waals surface area contributed by atoms with Crippen LogP contribution in [0.2, 0.25) is 5.02 Å². The Morgan fingerprint density at radius 3 is 2.83 bits per heavy atom. The highest BCUT2D eigenvalue weighted by Gasteiger charge is 2.18. The van der Waals surface area contributed by atoms with Crippen LogP contribution in [0.4, 0.5) is 5.69 Å². The molecule has 6 heteroatoms. The first-order valence-corrected chi connectivity index (χ1v) is 8.72. The van der Waals surface area contributed by atoms with Crippen LogP contribution in [0.3, 0.4) is 0 Å². The molecule has 0 saturated heterocycles. The maximum absolute atomic E-state index is 10.8. The van der Waals surface area contributed by atoms with Gasteiger partial charge in [0.15, 0.2) is 11.4 Å². The molecule has 0 radical (unpaired) electrons. The molecule has 1 heterocycles. The van der Waals surface area contributed by atoms with Gasteiger partial charge in [-0.2, -0.15) is 0 Å². The number of rotatable bonds is 2. The van der Waals surface area contributed by atoms with Crippen LogP contribution in [-0.2, 0) is 13.0 Å². The van der Waals surface area contributed by atoms with Crippen molar-refractivity contribution in [2.75, 3.05) is 11.9 Å². The third-order valence-electron chi connectivity index (χ3n) is 3.85. The molecule has 0 fully saturated rings. The number of anilines is 1. The van der Waals surface area contributed by atoms with Crippen LogP contribution < -0.4 is 5.32 Å². The van der Waals surface area contributed by atoms with Gasteiger partial charge in [-0.3, -0.25) is 4.79 Å². The standard InChI is InChI=1S/C17H14BrClN2OS/c18-14-3-1-11-5-6-21(9-13(11)7-14)17(23)20-15-4-2-12(10-22)16(19)8-15/h1-4,7-8,10H,5-6,9H2,(H,20,23). The van der Waals surface area contributed by atoms with Crippen LogP contribution in [0.25, 0.3) is 0 Å². The molecule has 0 saturated carbocycles. The zero-order chi connectivity index (χ0) is 16.4. The van der Waals surface area contributed by atoms with Gasteiger partial charge in [-0.15, -0.1) is 0 Å². The Labute approximate surface area is 153 Å². The SMILES string of the molecule is O=Cc1ccc(NC(=S)N2CCc3ccc(Br)cc3C2)cc1Cl. The lowest BCUT2D eigenvalue weighted by Crippen LogP contribution is -2.38. The summed E-state index contributed by atoms with van der Waals surface area (Å²) in [5, 5.41) is 4.27. The van der Waals surface area contributed by atoms with Crippen molar-refractivity contribution in [2.45, 2.75) is 13.0 Å². The van der Waals surface area contributed by atoms with Crippen molar-refractivity contribution < 1.29 is 4.79 Å². The number of benzene rings is 2. The average molecular weight is 410 g/mol. The molecule has 0 amide bonds. The van der Waals surface area contributed by atoms with E-state index in [9.17, 15) is 4.79 Å². The highest BCUT2D eigenvalue weighted by molar-refractivity contribution is 9.10. The predicted octanol–water partition coefficient (Wildman–Crippen LogP) is 4.67. The maximum atomic E-state index is 10.8. The van der Waals surface area contributed by atoms with Gasteiger partial charge in [-0.05, 0) is 60.1 Å². The van der Waals surface area contributed by atoms with E-state index in [4.69, 9.17) is 23.8 Å². The highest BCUT2D eigenvalue weighted by atomic mass is 79.9. The number of aldehydes is 1. The minimum absolute atomic E-state index is 0.417. The van der Waals surface area contributed by atoms with Crippen LogP contribution in [0.1, 0.15) is 21.5 Å². The van der Waals surface area contributed by atoms with Crippen LogP contribution in [0.15, 0.2) is 40.9 Å². The zero-order valence-electron chi connectivity index (χ0n) is 12.2. The minimum atomic E-state index is 0.417. The van der Waals surface area contributed by atoms with Gasteiger partial charge in [0.2, 0.25) is 0 Å². The number of carbonyl (C=O) groups is 1. The Kier molecular flexibility index (Phi) is 4.99. The van der Waals surface area contributed by atoms with Gasteiger partial charge in [0.1, 0.15) is 0 Å². The molecule has 2 aromatic carbocycles. The molecule has 0 bridgehead atoms. The number of carbonyl (C=O) groups excluding carboxylic acids is 1. The fourth-order valence-corrected chi connectivity index (χ4v) is 3.51. The summed E-state index contributed by atoms with van der Waals surface area (Å²) in [7, 11) is 0. The van der Waals surface area contributed by atoms with Crippen molar-refractivity contribution in [3.8, 4) is 0 Å². The second-order valence-corrected chi connectivity index (χ2v) is 7.08. The van der Waals surface area contributed by atoms with E-state index in [1.54, 1.807) is 18.2 Å². The molecule has 0 aromatic heterocycles. The van der Waals surface area contributed by atoms with Crippen LogP contribution in [-0.4, -0.2) is 22.8 Å². The summed E-state index contributed by atoms with van der Waals surface area (Å²) >= 11 is 15.1. The Morgan fingerprint density at radius 1 is 1.26 bits per heavy atom. The second-order valence-electron chi connectivity index (χ2n) is 5.37. The molecule has 0 unspecified atom stereocenters. The third kappa shape index (κ3) is 3.74. The smallest absolute Gasteiger partial charge is 0.173 e. The van der Waals surface area contributed by atoms with E-state index >= 15 is 0 Å². The second kappa shape index (κ2) is 6.99. The van der Waals surface area contributed by atoms with E-state index < -0.39 is 0 Å². The van der Waals surface area contributed by atoms with Gasteiger partial charge in [0, 0.05) is 28.8 Å². The number of fused-ring (bicyclic) bond motifs is 1. The molecule has 2 aromatic rings. The van der Waals surface area contributed by atoms with Gasteiger partial charge in [-0.1, -0.05) is 33.6 Å². The van der Waals surface area contributed by atoms with Crippen molar-refractivity contribution in [1.29, 1.82) is 0 Å². The fraction of sp³-hybridized carbons (Fsp3) is 0.176.